The number of methoxy groups -OCH3 is 4. The lowest BCUT2D eigenvalue weighted by Crippen LogP contribution is -3.00. The van der Waals surface area contributed by atoms with Gasteiger partial charge in [0.25, 0.3) is 0 Å². The highest BCUT2D eigenvalue weighted by molar-refractivity contribution is 6.08. The third kappa shape index (κ3) is 3.83. The molecule has 186 valence electrons. The molecule has 0 saturated heterocycles. The summed E-state index contributed by atoms with van der Waals surface area (Å²) in [7, 11) is 6.70. The Kier molecular flexibility index (Phi) is 6.40. The van der Waals surface area contributed by atoms with Gasteiger partial charge in [0.2, 0.25) is 5.52 Å². The molecule has 0 bridgehead atoms. The number of hydrogen-bond donors (Lipinski definition) is 0. The molecule has 2 aromatic heterocycles. The Morgan fingerprint density at radius 3 is 1.97 bits per heavy atom. The Bertz CT molecular complexity index is 1790. The average Bonchev–Trinajstić information content (AvgIpc) is 2.93. The Labute approximate surface area is 221 Å². The Balaban J connectivity index is 0.00000280. The minimum atomic E-state index is 0. The summed E-state index contributed by atoms with van der Waals surface area (Å²) in [4.78, 5) is 0. The fourth-order valence-electron chi connectivity index (χ4n) is 5.18. The number of ether oxygens (including phenoxy) is 4. The van der Waals surface area contributed by atoms with E-state index in [1.54, 1.807) is 28.4 Å². The quantitative estimate of drug-likeness (QED) is 0.201. The third-order valence-electron chi connectivity index (χ3n) is 6.88. The molecule has 6 aromatic rings. The van der Waals surface area contributed by atoms with Crippen LogP contribution in [0.3, 0.4) is 0 Å². The van der Waals surface area contributed by atoms with Crippen LogP contribution in [0, 0.1) is 0 Å². The van der Waals surface area contributed by atoms with Gasteiger partial charge in [-0.3, -0.25) is 0 Å². The second-order valence-corrected chi connectivity index (χ2v) is 8.70. The second-order valence-electron chi connectivity index (χ2n) is 8.70. The number of rotatable bonds is 5. The number of hydrogen-bond acceptors (Lipinski definition) is 4. The van der Waals surface area contributed by atoms with Crippen molar-refractivity contribution in [1.29, 1.82) is 0 Å². The number of fused-ring (bicyclic) bond motifs is 5. The smallest absolute Gasteiger partial charge is 0.219 e. The molecule has 0 fully saturated rings. The summed E-state index contributed by atoms with van der Waals surface area (Å²) in [5.41, 5.74) is 3.13. The Hall–Kier alpha value is -4.22. The van der Waals surface area contributed by atoms with Gasteiger partial charge in [-0.1, -0.05) is 42.5 Å². The molecule has 5 nitrogen and oxygen atoms in total. The molecule has 0 N–H and O–H groups in total. The average molecular weight is 512 g/mol. The molecule has 4 aromatic carbocycles. The Morgan fingerprint density at radius 2 is 1.24 bits per heavy atom. The molecule has 37 heavy (non-hydrogen) atoms. The number of nitrogens with zero attached hydrogens (tertiary/aromatic N) is 1. The van der Waals surface area contributed by atoms with Crippen LogP contribution in [0.1, 0.15) is 0 Å². The molecule has 0 unspecified atom stereocenters. The van der Waals surface area contributed by atoms with Crippen LogP contribution in [0.25, 0.3) is 49.0 Å². The van der Waals surface area contributed by atoms with E-state index in [-0.39, 0.29) is 12.4 Å². The minimum absolute atomic E-state index is 0. The van der Waals surface area contributed by atoms with Gasteiger partial charge in [-0.05, 0) is 39.9 Å². The van der Waals surface area contributed by atoms with Gasteiger partial charge in [-0.2, -0.15) is 4.40 Å². The maximum atomic E-state index is 5.96. The lowest BCUT2D eigenvalue weighted by Gasteiger charge is -2.17. The number of aromatic nitrogens is 1. The first kappa shape index (κ1) is 24.5. The maximum Gasteiger partial charge on any atom is 0.219 e. The van der Waals surface area contributed by atoms with Gasteiger partial charge < -0.3 is 31.4 Å². The molecule has 0 aliphatic rings. The number of benzene rings is 4. The van der Waals surface area contributed by atoms with Crippen LogP contribution in [-0.2, 0) is 0 Å². The second kappa shape index (κ2) is 9.68. The van der Waals surface area contributed by atoms with Crippen LogP contribution in [0.2, 0.25) is 0 Å². The lowest BCUT2D eigenvalue weighted by molar-refractivity contribution is -0.509. The summed E-state index contributed by atoms with van der Waals surface area (Å²) < 4.78 is 25.1. The van der Waals surface area contributed by atoms with Crippen molar-refractivity contribution in [2.75, 3.05) is 28.4 Å². The van der Waals surface area contributed by atoms with Gasteiger partial charge in [-0.15, -0.1) is 0 Å². The summed E-state index contributed by atoms with van der Waals surface area (Å²) in [6.45, 7) is 0. The molecule has 0 radical (unpaired) electrons. The van der Waals surface area contributed by atoms with Crippen molar-refractivity contribution in [3.63, 3.8) is 0 Å². The zero-order valence-electron chi connectivity index (χ0n) is 21.0. The van der Waals surface area contributed by atoms with E-state index in [2.05, 4.69) is 71.3 Å². The summed E-state index contributed by atoms with van der Waals surface area (Å²) >= 11 is 0. The molecule has 0 spiro atoms. The molecule has 0 aliphatic carbocycles. The predicted molar refractivity (Wildman–Crippen MR) is 144 cm³/mol. The molecule has 0 saturated carbocycles. The van der Waals surface area contributed by atoms with Gasteiger partial charge in [-0.25, -0.2) is 0 Å². The normalized spacial score (nSPS) is 11.0. The molecular formula is C31H26ClNO4. The SMILES string of the molecule is COc1cc2cc3c4cc(-c5cccc6ccccc56)c(OC)c(OC)c4cc[n+]3cc2cc1OC.[Cl-]. The van der Waals surface area contributed by atoms with Crippen molar-refractivity contribution in [3.05, 3.63) is 85.2 Å². The van der Waals surface area contributed by atoms with Gasteiger partial charge in [0.15, 0.2) is 35.4 Å². The summed E-state index contributed by atoms with van der Waals surface area (Å²) in [5.74, 6) is 2.84. The van der Waals surface area contributed by atoms with Crippen LogP contribution < -0.4 is 35.8 Å². The van der Waals surface area contributed by atoms with Crippen LogP contribution in [0.15, 0.2) is 85.2 Å². The topological polar surface area (TPSA) is 41.0 Å². The highest BCUT2D eigenvalue weighted by Gasteiger charge is 2.22. The summed E-state index contributed by atoms with van der Waals surface area (Å²) in [5, 5.41) is 6.50. The van der Waals surface area contributed by atoms with Gasteiger partial charge in [0, 0.05) is 23.1 Å². The lowest BCUT2D eigenvalue weighted by atomic mass is 9.94. The van der Waals surface area contributed by atoms with Crippen LogP contribution in [0.4, 0.5) is 0 Å². The maximum absolute atomic E-state index is 5.96. The van der Waals surface area contributed by atoms with Crippen LogP contribution in [-0.4, -0.2) is 28.4 Å². The van der Waals surface area contributed by atoms with E-state index in [4.69, 9.17) is 18.9 Å². The molecule has 0 atom stereocenters. The first-order valence-corrected chi connectivity index (χ1v) is 11.7. The van der Waals surface area contributed by atoms with E-state index >= 15 is 0 Å². The van der Waals surface area contributed by atoms with Gasteiger partial charge in [0.05, 0.1) is 39.2 Å². The molecule has 6 heteroatoms. The standard InChI is InChI=1S/C31H26NO4.ClH/c1-33-28-15-20-14-27-25-17-26(23-11-7-9-19-8-5-6-10-22(19)23)31(36-4)30(35-3)24(25)12-13-32(27)18-21(20)16-29(28)34-2;/h5-18H,1-4H3;1H/q+1;/p-1. The highest BCUT2D eigenvalue weighted by Crippen LogP contribution is 2.46. The first-order valence-electron chi connectivity index (χ1n) is 11.7. The fourth-order valence-corrected chi connectivity index (χ4v) is 5.18. The molecule has 6 rings (SSSR count). The monoisotopic (exact) mass is 511 g/mol. The number of halogens is 1. The fraction of sp³-hybridized carbons (Fsp3) is 0.129. The highest BCUT2D eigenvalue weighted by atomic mass is 35.5. The van der Waals surface area contributed by atoms with Gasteiger partial charge in [0.1, 0.15) is 0 Å². The van der Waals surface area contributed by atoms with Crippen molar-refractivity contribution >= 4 is 37.8 Å². The summed E-state index contributed by atoms with van der Waals surface area (Å²) in [6.07, 6.45) is 4.16. The van der Waals surface area contributed by atoms with Crippen LogP contribution >= 0.6 is 0 Å². The van der Waals surface area contributed by atoms with E-state index in [9.17, 15) is 0 Å². The third-order valence-corrected chi connectivity index (χ3v) is 6.88. The first-order chi connectivity index (χ1) is 17.7. The van der Waals surface area contributed by atoms with E-state index < -0.39 is 0 Å². The van der Waals surface area contributed by atoms with Crippen molar-refractivity contribution in [2.45, 2.75) is 0 Å². The minimum Gasteiger partial charge on any atom is -1.00 e. The summed E-state index contributed by atoms with van der Waals surface area (Å²) in [6, 6.07) is 25.2. The van der Waals surface area contributed by atoms with Crippen molar-refractivity contribution in [2.24, 2.45) is 0 Å². The van der Waals surface area contributed by atoms with Crippen LogP contribution in [0.5, 0.6) is 23.0 Å². The van der Waals surface area contributed by atoms with E-state index in [0.29, 0.717) is 17.2 Å². The van der Waals surface area contributed by atoms with E-state index in [0.717, 1.165) is 49.3 Å². The van der Waals surface area contributed by atoms with Gasteiger partial charge >= 0.3 is 0 Å². The van der Waals surface area contributed by atoms with Crippen molar-refractivity contribution < 1.29 is 35.8 Å². The molecular weight excluding hydrogens is 486 g/mol. The van der Waals surface area contributed by atoms with Crippen molar-refractivity contribution in [1.82, 2.24) is 0 Å². The van der Waals surface area contributed by atoms with Crippen molar-refractivity contribution in [3.8, 4) is 34.1 Å². The largest absolute Gasteiger partial charge is 1.00 e. The predicted octanol–water partition coefficient (Wildman–Crippen LogP) is 3.59. The van der Waals surface area contributed by atoms with E-state index in [1.807, 2.05) is 18.3 Å². The molecule has 2 heterocycles. The zero-order chi connectivity index (χ0) is 24.8. The number of pyridine rings is 2. The molecule has 0 amide bonds. The molecule has 0 aliphatic heterocycles. The zero-order valence-corrected chi connectivity index (χ0v) is 21.8. The Morgan fingerprint density at radius 1 is 0.541 bits per heavy atom. The van der Waals surface area contributed by atoms with E-state index in [1.165, 1.54) is 5.39 Å².